The van der Waals surface area contributed by atoms with Crippen LogP contribution in [0.4, 0.5) is 0 Å². The summed E-state index contributed by atoms with van der Waals surface area (Å²) in [5, 5.41) is 7.51. The van der Waals surface area contributed by atoms with E-state index in [1.54, 1.807) is 42.7 Å². The first-order valence-corrected chi connectivity index (χ1v) is 7.78. The summed E-state index contributed by atoms with van der Waals surface area (Å²) in [5.41, 5.74) is 0.996. The van der Waals surface area contributed by atoms with Gasteiger partial charge in [0, 0.05) is 0 Å². The normalized spacial score (nSPS) is 11.7. The fourth-order valence-electron chi connectivity index (χ4n) is 1.88. The van der Waals surface area contributed by atoms with Crippen molar-refractivity contribution in [3.63, 3.8) is 0 Å². The SMILES string of the molecule is Cc1ccc(S(=O)(=O)c2cn(Cc3ccco3)nn2)cc1. The van der Waals surface area contributed by atoms with Crippen LogP contribution in [0.5, 0.6) is 0 Å². The lowest BCUT2D eigenvalue weighted by molar-refractivity contribution is 0.475. The monoisotopic (exact) mass is 303 g/mol. The maximum atomic E-state index is 12.4. The summed E-state index contributed by atoms with van der Waals surface area (Å²) in [7, 11) is -3.64. The minimum absolute atomic E-state index is 0.0714. The molecule has 0 saturated carbocycles. The third-order valence-electron chi connectivity index (χ3n) is 3.02. The van der Waals surface area contributed by atoms with Gasteiger partial charge in [-0.2, -0.15) is 0 Å². The Morgan fingerprint density at radius 2 is 1.95 bits per heavy atom. The molecule has 0 bridgehead atoms. The van der Waals surface area contributed by atoms with Crippen molar-refractivity contribution in [3.05, 3.63) is 60.2 Å². The van der Waals surface area contributed by atoms with Crippen LogP contribution in [0.3, 0.4) is 0 Å². The molecular weight excluding hydrogens is 290 g/mol. The molecular formula is C14H13N3O3S. The lowest BCUT2D eigenvalue weighted by Gasteiger charge is -2.00. The van der Waals surface area contributed by atoms with Crippen molar-refractivity contribution < 1.29 is 12.8 Å². The van der Waals surface area contributed by atoms with Crippen molar-refractivity contribution in [3.8, 4) is 0 Å². The Labute approximate surface area is 121 Å². The van der Waals surface area contributed by atoms with E-state index < -0.39 is 9.84 Å². The Kier molecular flexibility index (Phi) is 3.34. The highest BCUT2D eigenvalue weighted by Crippen LogP contribution is 2.19. The predicted molar refractivity (Wildman–Crippen MR) is 74.5 cm³/mol. The molecule has 0 radical (unpaired) electrons. The average Bonchev–Trinajstić information content (AvgIpc) is 3.11. The van der Waals surface area contributed by atoms with Crippen LogP contribution in [0, 0.1) is 6.92 Å². The van der Waals surface area contributed by atoms with Gasteiger partial charge in [0.2, 0.25) is 14.9 Å². The number of benzene rings is 1. The first-order chi connectivity index (χ1) is 10.1. The molecule has 0 N–H and O–H groups in total. The van der Waals surface area contributed by atoms with Crippen LogP contribution >= 0.6 is 0 Å². The zero-order chi connectivity index (χ0) is 14.9. The van der Waals surface area contributed by atoms with Crippen molar-refractivity contribution in [2.45, 2.75) is 23.4 Å². The molecule has 3 rings (SSSR count). The van der Waals surface area contributed by atoms with Gasteiger partial charge in [-0.05, 0) is 31.2 Å². The molecule has 2 aromatic heterocycles. The minimum Gasteiger partial charge on any atom is -0.467 e. The summed E-state index contributed by atoms with van der Waals surface area (Å²) in [6.45, 7) is 2.24. The van der Waals surface area contributed by atoms with Crippen molar-refractivity contribution in [1.82, 2.24) is 15.0 Å². The highest BCUT2D eigenvalue weighted by atomic mass is 32.2. The van der Waals surface area contributed by atoms with Gasteiger partial charge in [0.1, 0.15) is 12.3 Å². The molecule has 0 aliphatic heterocycles. The zero-order valence-electron chi connectivity index (χ0n) is 11.3. The van der Waals surface area contributed by atoms with Crippen molar-refractivity contribution >= 4 is 9.84 Å². The second kappa shape index (κ2) is 5.17. The van der Waals surface area contributed by atoms with E-state index in [4.69, 9.17) is 4.42 Å². The van der Waals surface area contributed by atoms with E-state index in [1.807, 2.05) is 6.92 Å². The fraction of sp³-hybridized carbons (Fsp3) is 0.143. The number of sulfone groups is 1. The first-order valence-electron chi connectivity index (χ1n) is 6.30. The standard InChI is InChI=1S/C14H13N3O3S/c1-11-4-6-13(7-5-11)21(18,19)14-10-17(16-15-14)9-12-3-2-8-20-12/h2-8,10H,9H2,1H3. The first kappa shape index (κ1) is 13.6. The van der Waals surface area contributed by atoms with Gasteiger partial charge >= 0.3 is 0 Å². The van der Waals surface area contributed by atoms with Gasteiger partial charge in [-0.15, -0.1) is 5.10 Å². The molecule has 21 heavy (non-hydrogen) atoms. The van der Waals surface area contributed by atoms with Crippen LogP contribution in [0.15, 0.2) is 63.2 Å². The van der Waals surface area contributed by atoms with E-state index >= 15 is 0 Å². The van der Waals surface area contributed by atoms with Crippen LogP contribution in [0.1, 0.15) is 11.3 Å². The van der Waals surface area contributed by atoms with Gasteiger partial charge in [0.25, 0.3) is 0 Å². The number of aryl methyl sites for hydroxylation is 1. The summed E-state index contributed by atoms with van der Waals surface area (Å²) in [6, 6.07) is 10.2. The molecule has 0 aliphatic rings. The van der Waals surface area contributed by atoms with Crippen LogP contribution in [-0.2, 0) is 16.4 Å². The molecule has 0 saturated heterocycles. The van der Waals surface area contributed by atoms with E-state index in [0.717, 1.165) is 5.56 Å². The van der Waals surface area contributed by atoms with Crippen molar-refractivity contribution in [2.75, 3.05) is 0 Å². The summed E-state index contributed by atoms with van der Waals surface area (Å²) in [6.07, 6.45) is 2.95. The molecule has 6 nitrogen and oxygen atoms in total. The minimum atomic E-state index is -3.64. The largest absolute Gasteiger partial charge is 0.467 e. The molecule has 108 valence electrons. The number of rotatable bonds is 4. The molecule has 0 aliphatic carbocycles. The van der Waals surface area contributed by atoms with Crippen molar-refractivity contribution in [1.29, 1.82) is 0 Å². The molecule has 0 atom stereocenters. The number of hydrogen-bond donors (Lipinski definition) is 0. The third-order valence-corrected chi connectivity index (χ3v) is 4.65. The highest BCUT2D eigenvalue weighted by Gasteiger charge is 2.21. The van der Waals surface area contributed by atoms with Gasteiger partial charge in [-0.3, -0.25) is 0 Å². The molecule has 7 heteroatoms. The number of furan rings is 1. The van der Waals surface area contributed by atoms with Crippen molar-refractivity contribution in [2.24, 2.45) is 0 Å². The van der Waals surface area contributed by atoms with Crippen LogP contribution in [0.25, 0.3) is 0 Å². The van der Waals surface area contributed by atoms with Gasteiger partial charge < -0.3 is 4.42 Å². The molecule has 0 fully saturated rings. The van der Waals surface area contributed by atoms with E-state index in [0.29, 0.717) is 12.3 Å². The maximum absolute atomic E-state index is 12.4. The lowest BCUT2D eigenvalue weighted by Crippen LogP contribution is -2.02. The molecule has 2 heterocycles. The van der Waals surface area contributed by atoms with E-state index in [2.05, 4.69) is 10.3 Å². The lowest BCUT2D eigenvalue weighted by atomic mass is 10.2. The Balaban J connectivity index is 1.89. The molecule has 3 aromatic rings. The Hall–Kier alpha value is -2.41. The second-order valence-corrected chi connectivity index (χ2v) is 6.55. The summed E-state index contributed by atoms with van der Waals surface area (Å²) in [5.74, 6) is 0.680. The van der Waals surface area contributed by atoms with Gasteiger partial charge in [0.05, 0.1) is 17.4 Å². The summed E-state index contributed by atoms with van der Waals surface area (Å²) < 4.78 is 31.5. The van der Waals surface area contributed by atoms with Crippen LogP contribution in [-0.4, -0.2) is 23.4 Å². The third kappa shape index (κ3) is 2.73. The number of aromatic nitrogens is 3. The summed E-state index contributed by atoms with van der Waals surface area (Å²) >= 11 is 0. The average molecular weight is 303 g/mol. The maximum Gasteiger partial charge on any atom is 0.227 e. The Morgan fingerprint density at radius 3 is 2.62 bits per heavy atom. The van der Waals surface area contributed by atoms with Gasteiger partial charge in [-0.25, -0.2) is 13.1 Å². The number of hydrogen-bond acceptors (Lipinski definition) is 5. The topological polar surface area (TPSA) is 78.0 Å². The zero-order valence-corrected chi connectivity index (χ0v) is 12.1. The van der Waals surface area contributed by atoms with E-state index in [1.165, 1.54) is 10.9 Å². The highest BCUT2D eigenvalue weighted by molar-refractivity contribution is 7.91. The molecule has 0 spiro atoms. The van der Waals surface area contributed by atoms with E-state index in [-0.39, 0.29) is 9.92 Å². The quantitative estimate of drug-likeness (QED) is 0.737. The second-order valence-electron chi connectivity index (χ2n) is 4.65. The Bertz CT molecular complexity index is 834. The molecule has 0 unspecified atom stereocenters. The molecule has 0 amide bonds. The van der Waals surface area contributed by atoms with Gasteiger partial charge in [-0.1, -0.05) is 22.9 Å². The van der Waals surface area contributed by atoms with Crippen LogP contribution in [0.2, 0.25) is 0 Å². The smallest absolute Gasteiger partial charge is 0.227 e. The Morgan fingerprint density at radius 1 is 1.19 bits per heavy atom. The predicted octanol–water partition coefficient (Wildman–Crippen LogP) is 2.06. The molecule has 1 aromatic carbocycles. The van der Waals surface area contributed by atoms with Gasteiger partial charge in [0.15, 0.2) is 0 Å². The van der Waals surface area contributed by atoms with E-state index in [9.17, 15) is 8.42 Å². The fourth-order valence-corrected chi connectivity index (χ4v) is 3.02. The number of nitrogens with zero attached hydrogens (tertiary/aromatic N) is 3. The van der Waals surface area contributed by atoms with Crippen LogP contribution < -0.4 is 0 Å². The summed E-state index contributed by atoms with van der Waals surface area (Å²) in [4.78, 5) is 0.207.